The van der Waals surface area contributed by atoms with Gasteiger partial charge in [0.2, 0.25) is 0 Å². The van der Waals surface area contributed by atoms with Crippen LogP contribution in [0.3, 0.4) is 0 Å². The van der Waals surface area contributed by atoms with Gasteiger partial charge in [0.25, 0.3) is 5.91 Å². The molecule has 0 heterocycles. The lowest BCUT2D eigenvalue weighted by Gasteiger charge is -2.23. The number of nitrogens with zero attached hydrogens (tertiary/aromatic N) is 1. The van der Waals surface area contributed by atoms with E-state index in [2.05, 4.69) is 0 Å². The lowest BCUT2D eigenvalue weighted by atomic mass is 10.1. The Morgan fingerprint density at radius 2 is 1.86 bits per heavy atom. The van der Waals surface area contributed by atoms with Crippen molar-refractivity contribution < 1.29 is 4.79 Å². The molecule has 0 aromatic heterocycles. The molecule has 2 rings (SSSR count). The van der Waals surface area contributed by atoms with Gasteiger partial charge in [0.1, 0.15) is 0 Å². The number of amides is 1. The smallest absolute Gasteiger partial charge is 0.258 e. The van der Waals surface area contributed by atoms with E-state index in [1.807, 2.05) is 38.1 Å². The highest BCUT2D eigenvalue weighted by molar-refractivity contribution is 6.42. The minimum atomic E-state index is -0.0685. The summed E-state index contributed by atoms with van der Waals surface area (Å²) in [5.74, 6) is -0.0685. The first-order chi connectivity index (χ1) is 10.0. The zero-order chi connectivity index (χ0) is 15.4. The Labute approximate surface area is 135 Å². The van der Waals surface area contributed by atoms with E-state index in [1.165, 1.54) is 0 Å². The van der Waals surface area contributed by atoms with Crippen molar-refractivity contribution in [1.29, 1.82) is 0 Å². The molecule has 2 aromatic carbocycles. The number of aryl methyl sites for hydroxylation is 1. The van der Waals surface area contributed by atoms with Gasteiger partial charge in [-0.1, -0.05) is 42.3 Å². The molecule has 0 atom stereocenters. The molecule has 0 saturated carbocycles. The number of hydrogen-bond donors (Lipinski definition) is 0. The van der Waals surface area contributed by atoms with Crippen molar-refractivity contribution in [2.75, 3.05) is 11.4 Å². The molecule has 0 spiro atoms. The standard InChI is InChI=1S/C17H17Cl2NO/c1-3-9-20(14-6-4-5-12(2)10-14)17(21)13-7-8-15(18)16(19)11-13/h4-8,10-11H,3,9H2,1-2H3. The highest BCUT2D eigenvalue weighted by atomic mass is 35.5. The van der Waals surface area contributed by atoms with Gasteiger partial charge < -0.3 is 4.90 Å². The van der Waals surface area contributed by atoms with Gasteiger partial charge in [0.05, 0.1) is 10.0 Å². The van der Waals surface area contributed by atoms with Crippen LogP contribution in [0.1, 0.15) is 29.3 Å². The van der Waals surface area contributed by atoms with Crippen LogP contribution in [-0.4, -0.2) is 12.5 Å². The quantitative estimate of drug-likeness (QED) is 0.742. The predicted molar refractivity (Wildman–Crippen MR) is 89.6 cm³/mol. The van der Waals surface area contributed by atoms with Crippen LogP contribution in [0.5, 0.6) is 0 Å². The number of anilines is 1. The third kappa shape index (κ3) is 3.78. The predicted octanol–water partition coefficient (Wildman–Crippen LogP) is 5.36. The minimum absolute atomic E-state index is 0.0685. The summed E-state index contributed by atoms with van der Waals surface area (Å²) in [4.78, 5) is 14.5. The van der Waals surface area contributed by atoms with Gasteiger partial charge in [-0.25, -0.2) is 0 Å². The fraction of sp³-hybridized carbons (Fsp3) is 0.235. The topological polar surface area (TPSA) is 20.3 Å². The molecule has 21 heavy (non-hydrogen) atoms. The molecule has 0 saturated heterocycles. The van der Waals surface area contributed by atoms with Crippen molar-refractivity contribution in [3.05, 3.63) is 63.6 Å². The van der Waals surface area contributed by atoms with Crippen molar-refractivity contribution in [2.45, 2.75) is 20.3 Å². The van der Waals surface area contributed by atoms with Crippen LogP contribution in [0.4, 0.5) is 5.69 Å². The molecule has 0 fully saturated rings. The largest absolute Gasteiger partial charge is 0.308 e. The lowest BCUT2D eigenvalue weighted by Crippen LogP contribution is -2.31. The summed E-state index contributed by atoms with van der Waals surface area (Å²) in [6, 6.07) is 12.9. The van der Waals surface area contributed by atoms with Crippen LogP contribution in [0.25, 0.3) is 0 Å². The molecule has 4 heteroatoms. The summed E-state index contributed by atoms with van der Waals surface area (Å²) >= 11 is 11.9. The molecule has 0 aliphatic carbocycles. The molecular formula is C17H17Cl2NO. The van der Waals surface area contributed by atoms with Crippen LogP contribution < -0.4 is 4.90 Å². The van der Waals surface area contributed by atoms with Gasteiger partial charge in [-0.2, -0.15) is 0 Å². The Kier molecular flexibility index (Phi) is 5.27. The lowest BCUT2D eigenvalue weighted by molar-refractivity contribution is 0.0987. The number of carbonyl (C=O) groups excluding carboxylic acids is 1. The molecule has 0 unspecified atom stereocenters. The van der Waals surface area contributed by atoms with Crippen molar-refractivity contribution in [3.8, 4) is 0 Å². The number of carbonyl (C=O) groups is 1. The maximum atomic E-state index is 12.7. The first-order valence-corrected chi connectivity index (χ1v) is 7.62. The van der Waals surface area contributed by atoms with E-state index in [0.717, 1.165) is 17.7 Å². The highest BCUT2D eigenvalue weighted by Crippen LogP contribution is 2.25. The second-order valence-corrected chi connectivity index (χ2v) is 5.74. The zero-order valence-electron chi connectivity index (χ0n) is 12.1. The van der Waals surface area contributed by atoms with Crippen molar-refractivity contribution in [2.24, 2.45) is 0 Å². The first kappa shape index (κ1) is 15.9. The monoisotopic (exact) mass is 321 g/mol. The summed E-state index contributed by atoms with van der Waals surface area (Å²) in [7, 11) is 0. The highest BCUT2D eigenvalue weighted by Gasteiger charge is 2.17. The molecule has 0 aliphatic rings. The Bertz CT molecular complexity index is 655. The van der Waals surface area contributed by atoms with Crippen LogP contribution in [0, 0.1) is 6.92 Å². The fourth-order valence-corrected chi connectivity index (χ4v) is 2.45. The maximum absolute atomic E-state index is 12.7. The molecule has 0 bridgehead atoms. The van der Waals surface area contributed by atoms with Crippen LogP contribution in [0.15, 0.2) is 42.5 Å². The van der Waals surface area contributed by atoms with E-state index >= 15 is 0 Å². The molecular weight excluding hydrogens is 305 g/mol. The van der Waals surface area contributed by atoms with E-state index in [-0.39, 0.29) is 5.91 Å². The Morgan fingerprint density at radius 3 is 2.48 bits per heavy atom. The van der Waals surface area contributed by atoms with Gasteiger partial charge >= 0.3 is 0 Å². The average molecular weight is 322 g/mol. The Morgan fingerprint density at radius 1 is 1.10 bits per heavy atom. The fourth-order valence-electron chi connectivity index (χ4n) is 2.15. The van der Waals surface area contributed by atoms with E-state index in [1.54, 1.807) is 23.1 Å². The molecule has 2 aromatic rings. The first-order valence-electron chi connectivity index (χ1n) is 6.86. The molecule has 0 radical (unpaired) electrons. The summed E-state index contributed by atoms with van der Waals surface area (Å²) in [6.07, 6.45) is 0.876. The van der Waals surface area contributed by atoms with E-state index < -0.39 is 0 Å². The van der Waals surface area contributed by atoms with Crippen LogP contribution >= 0.6 is 23.2 Å². The number of halogens is 2. The van der Waals surface area contributed by atoms with Crippen molar-refractivity contribution in [1.82, 2.24) is 0 Å². The van der Waals surface area contributed by atoms with E-state index in [0.29, 0.717) is 22.2 Å². The van der Waals surface area contributed by atoms with Gasteiger partial charge in [0.15, 0.2) is 0 Å². The van der Waals surface area contributed by atoms with Crippen LogP contribution in [0.2, 0.25) is 10.0 Å². The number of rotatable bonds is 4. The number of hydrogen-bond acceptors (Lipinski definition) is 1. The van der Waals surface area contributed by atoms with Crippen LogP contribution in [-0.2, 0) is 0 Å². The summed E-state index contributed by atoms with van der Waals surface area (Å²) < 4.78 is 0. The SMILES string of the molecule is CCCN(C(=O)c1ccc(Cl)c(Cl)c1)c1cccc(C)c1. The minimum Gasteiger partial charge on any atom is -0.308 e. The van der Waals surface area contributed by atoms with Gasteiger partial charge in [-0.15, -0.1) is 0 Å². The molecule has 0 N–H and O–H groups in total. The molecule has 110 valence electrons. The van der Waals surface area contributed by atoms with Gasteiger partial charge in [0, 0.05) is 17.8 Å². The third-order valence-electron chi connectivity index (χ3n) is 3.17. The average Bonchev–Trinajstić information content (AvgIpc) is 2.47. The Balaban J connectivity index is 2.37. The second kappa shape index (κ2) is 6.97. The molecule has 0 aliphatic heterocycles. The third-order valence-corrected chi connectivity index (χ3v) is 3.91. The van der Waals surface area contributed by atoms with E-state index in [4.69, 9.17) is 23.2 Å². The second-order valence-electron chi connectivity index (χ2n) is 4.92. The van der Waals surface area contributed by atoms with E-state index in [9.17, 15) is 4.79 Å². The molecule has 1 amide bonds. The van der Waals surface area contributed by atoms with Gasteiger partial charge in [-0.3, -0.25) is 4.79 Å². The molecule has 2 nitrogen and oxygen atoms in total. The van der Waals surface area contributed by atoms with Gasteiger partial charge in [-0.05, 0) is 49.2 Å². The zero-order valence-corrected chi connectivity index (χ0v) is 13.6. The maximum Gasteiger partial charge on any atom is 0.258 e. The number of benzene rings is 2. The van der Waals surface area contributed by atoms with Crippen molar-refractivity contribution in [3.63, 3.8) is 0 Å². The Hall–Kier alpha value is -1.51. The summed E-state index contributed by atoms with van der Waals surface area (Å²) in [6.45, 7) is 4.71. The summed E-state index contributed by atoms with van der Waals surface area (Å²) in [5.41, 5.74) is 2.56. The normalized spacial score (nSPS) is 10.5. The van der Waals surface area contributed by atoms with Crippen molar-refractivity contribution >= 4 is 34.8 Å². The summed E-state index contributed by atoms with van der Waals surface area (Å²) in [5, 5.41) is 0.842.